The van der Waals surface area contributed by atoms with Crippen LogP contribution >= 0.6 is 0 Å². The first-order chi connectivity index (χ1) is 9.24. The second-order valence-corrected chi connectivity index (χ2v) is 5.00. The largest absolute Gasteiger partial charge is 0.392 e. The van der Waals surface area contributed by atoms with Gasteiger partial charge in [-0.25, -0.2) is 0 Å². The third-order valence-electron chi connectivity index (χ3n) is 3.29. The third kappa shape index (κ3) is 5.00. The van der Waals surface area contributed by atoms with Crippen molar-refractivity contribution in [2.24, 2.45) is 0 Å². The van der Waals surface area contributed by atoms with Crippen molar-refractivity contribution in [2.75, 3.05) is 26.2 Å². The molecule has 0 saturated carbocycles. The molecule has 6 heteroatoms. The molecule has 2 rings (SSSR count). The predicted molar refractivity (Wildman–Crippen MR) is 71.5 cm³/mol. The van der Waals surface area contributed by atoms with Crippen LogP contribution < -0.4 is 5.32 Å². The van der Waals surface area contributed by atoms with Crippen LogP contribution in [0.4, 0.5) is 0 Å². The van der Waals surface area contributed by atoms with Crippen LogP contribution in [-0.2, 0) is 11.3 Å². The molecule has 0 spiro atoms. The molecule has 1 aliphatic rings. The molecular formula is C13H22N4O2. The van der Waals surface area contributed by atoms with E-state index < -0.39 is 0 Å². The Bertz CT molecular complexity index is 380. The van der Waals surface area contributed by atoms with E-state index in [0.29, 0.717) is 19.6 Å². The van der Waals surface area contributed by atoms with Gasteiger partial charge in [0.1, 0.15) is 0 Å². The summed E-state index contributed by atoms with van der Waals surface area (Å²) in [4.78, 5) is 13.7. The molecule has 1 aromatic heterocycles. The molecule has 1 aliphatic heterocycles. The summed E-state index contributed by atoms with van der Waals surface area (Å²) in [6.07, 6.45) is 6.07. The summed E-state index contributed by atoms with van der Waals surface area (Å²) >= 11 is 0. The van der Waals surface area contributed by atoms with Gasteiger partial charge in [0.25, 0.3) is 0 Å². The highest BCUT2D eigenvalue weighted by Crippen LogP contribution is 2.08. The topological polar surface area (TPSA) is 70.4 Å². The van der Waals surface area contributed by atoms with E-state index in [4.69, 9.17) is 0 Å². The minimum absolute atomic E-state index is 0.0366. The molecule has 2 N–H and O–H groups in total. The van der Waals surface area contributed by atoms with Crippen LogP contribution in [0.5, 0.6) is 0 Å². The molecule has 0 radical (unpaired) electrons. The molecule has 1 unspecified atom stereocenters. The average Bonchev–Trinajstić information content (AvgIpc) is 2.88. The van der Waals surface area contributed by atoms with Crippen molar-refractivity contribution in [1.82, 2.24) is 20.0 Å². The molecule has 0 aliphatic carbocycles. The second kappa shape index (κ2) is 7.25. The van der Waals surface area contributed by atoms with Crippen molar-refractivity contribution in [3.05, 3.63) is 18.5 Å². The van der Waals surface area contributed by atoms with Gasteiger partial charge >= 0.3 is 0 Å². The third-order valence-corrected chi connectivity index (χ3v) is 3.29. The molecule has 1 saturated heterocycles. The van der Waals surface area contributed by atoms with E-state index in [1.807, 2.05) is 21.8 Å². The van der Waals surface area contributed by atoms with Gasteiger partial charge < -0.3 is 10.4 Å². The highest BCUT2D eigenvalue weighted by molar-refractivity contribution is 5.77. The minimum Gasteiger partial charge on any atom is -0.392 e. The fourth-order valence-corrected chi connectivity index (χ4v) is 2.34. The molecule has 1 aromatic rings. The number of aliphatic hydroxyl groups is 1. The number of carbonyl (C=O) groups excluding carboxylic acids is 1. The Labute approximate surface area is 113 Å². The molecule has 1 amide bonds. The lowest BCUT2D eigenvalue weighted by Crippen LogP contribution is -2.44. The smallest absolute Gasteiger partial charge is 0.234 e. The first-order valence-electron chi connectivity index (χ1n) is 6.88. The van der Waals surface area contributed by atoms with Crippen LogP contribution in [0.1, 0.15) is 19.3 Å². The number of nitrogens with one attached hydrogen (secondary N) is 1. The maximum Gasteiger partial charge on any atom is 0.234 e. The van der Waals surface area contributed by atoms with Gasteiger partial charge in [0, 0.05) is 32.0 Å². The van der Waals surface area contributed by atoms with Crippen LogP contribution in [0, 0.1) is 0 Å². The number of β-amino-alcohol motifs (C(OH)–C–C–N with tert-alkyl or cyclic N) is 1. The number of aryl methyl sites for hydroxylation is 1. The number of likely N-dealkylation sites (tertiary alicyclic amines) is 1. The Hall–Kier alpha value is -1.40. The van der Waals surface area contributed by atoms with Crippen molar-refractivity contribution in [3.63, 3.8) is 0 Å². The van der Waals surface area contributed by atoms with E-state index >= 15 is 0 Å². The highest BCUT2D eigenvalue weighted by Gasteiger charge is 2.19. The SMILES string of the molecule is O=C(CN1CCCC(O)C1)NCCCn1cccn1. The predicted octanol–water partition coefficient (Wildman–Crippen LogP) is -0.154. The Morgan fingerprint density at radius 2 is 2.42 bits per heavy atom. The van der Waals surface area contributed by atoms with Crippen LogP contribution in [0.25, 0.3) is 0 Å². The number of aliphatic hydroxyl groups excluding tert-OH is 1. The molecular weight excluding hydrogens is 244 g/mol. The fourth-order valence-electron chi connectivity index (χ4n) is 2.34. The van der Waals surface area contributed by atoms with Crippen LogP contribution in [-0.4, -0.2) is 58.0 Å². The minimum atomic E-state index is -0.277. The monoisotopic (exact) mass is 266 g/mol. The Morgan fingerprint density at radius 3 is 3.16 bits per heavy atom. The van der Waals surface area contributed by atoms with Crippen LogP contribution in [0.2, 0.25) is 0 Å². The van der Waals surface area contributed by atoms with Gasteiger partial charge in [-0.15, -0.1) is 0 Å². The maximum atomic E-state index is 11.7. The number of nitrogens with zero attached hydrogens (tertiary/aromatic N) is 3. The molecule has 0 bridgehead atoms. The van der Waals surface area contributed by atoms with Gasteiger partial charge in [-0.05, 0) is 31.9 Å². The number of aromatic nitrogens is 2. The Kier molecular flexibility index (Phi) is 5.35. The molecule has 0 aromatic carbocycles. The van der Waals surface area contributed by atoms with Crippen LogP contribution in [0.3, 0.4) is 0 Å². The number of hydrogen-bond acceptors (Lipinski definition) is 4. The molecule has 1 atom stereocenters. The zero-order valence-electron chi connectivity index (χ0n) is 11.2. The van der Waals surface area contributed by atoms with E-state index in [9.17, 15) is 9.90 Å². The van der Waals surface area contributed by atoms with Crippen LogP contribution in [0.15, 0.2) is 18.5 Å². The number of rotatable bonds is 6. The fraction of sp³-hybridized carbons (Fsp3) is 0.692. The Morgan fingerprint density at radius 1 is 1.53 bits per heavy atom. The zero-order valence-corrected chi connectivity index (χ0v) is 11.2. The molecule has 106 valence electrons. The highest BCUT2D eigenvalue weighted by atomic mass is 16.3. The van der Waals surface area contributed by atoms with Gasteiger partial charge in [-0.3, -0.25) is 14.4 Å². The van der Waals surface area contributed by atoms with Gasteiger partial charge in [0.05, 0.1) is 12.6 Å². The summed E-state index contributed by atoms with van der Waals surface area (Å²) in [7, 11) is 0. The number of amides is 1. The average molecular weight is 266 g/mol. The summed E-state index contributed by atoms with van der Waals surface area (Å²) in [6.45, 7) is 3.38. The number of piperidine rings is 1. The van der Waals surface area contributed by atoms with Gasteiger partial charge in [0.15, 0.2) is 0 Å². The molecule has 19 heavy (non-hydrogen) atoms. The normalized spacial score (nSPS) is 20.4. The summed E-state index contributed by atoms with van der Waals surface area (Å²) in [5, 5.41) is 16.5. The lowest BCUT2D eigenvalue weighted by Gasteiger charge is -2.29. The lowest BCUT2D eigenvalue weighted by molar-refractivity contribution is -0.122. The first kappa shape index (κ1) is 14.0. The van der Waals surface area contributed by atoms with Crippen molar-refractivity contribution in [3.8, 4) is 0 Å². The van der Waals surface area contributed by atoms with Crippen molar-refractivity contribution >= 4 is 5.91 Å². The van der Waals surface area contributed by atoms with E-state index in [1.54, 1.807) is 6.20 Å². The van der Waals surface area contributed by atoms with E-state index in [2.05, 4.69) is 10.4 Å². The van der Waals surface area contributed by atoms with E-state index in [-0.39, 0.29) is 12.0 Å². The maximum absolute atomic E-state index is 11.7. The second-order valence-electron chi connectivity index (χ2n) is 5.00. The molecule has 6 nitrogen and oxygen atoms in total. The summed E-state index contributed by atoms with van der Waals surface area (Å²) in [5.41, 5.74) is 0. The van der Waals surface area contributed by atoms with Crippen molar-refractivity contribution in [1.29, 1.82) is 0 Å². The van der Waals surface area contributed by atoms with Crippen molar-refractivity contribution < 1.29 is 9.90 Å². The van der Waals surface area contributed by atoms with E-state index in [1.165, 1.54) is 0 Å². The number of hydrogen-bond donors (Lipinski definition) is 2. The lowest BCUT2D eigenvalue weighted by atomic mass is 10.1. The first-order valence-corrected chi connectivity index (χ1v) is 6.88. The molecule has 1 fully saturated rings. The summed E-state index contributed by atoms with van der Waals surface area (Å²) in [6, 6.07) is 1.89. The van der Waals surface area contributed by atoms with Gasteiger partial charge in [-0.1, -0.05) is 0 Å². The van der Waals surface area contributed by atoms with Gasteiger partial charge in [0.2, 0.25) is 5.91 Å². The Balaban J connectivity index is 1.56. The molecule has 2 heterocycles. The zero-order chi connectivity index (χ0) is 13.5. The summed E-state index contributed by atoms with van der Waals surface area (Å²) < 4.78 is 1.85. The quantitative estimate of drug-likeness (QED) is 0.702. The van der Waals surface area contributed by atoms with Crippen molar-refractivity contribution in [2.45, 2.75) is 31.9 Å². The summed E-state index contributed by atoms with van der Waals surface area (Å²) in [5.74, 6) is 0.0366. The number of carbonyl (C=O) groups is 1. The standard InChI is InChI=1S/C13H22N4O2/c18-12-4-1-7-16(10-12)11-13(19)14-5-2-8-17-9-3-6-15-17/h3,6,9,12,18H,1-2,4-5,7-8,10-11H2,(H,14,19). The van der Waals surface area contributed by atoms with Gasteiger partial charge in [-0.2, -0.15) is 5.10 Å². The van der Waals surface area contributed by atoms with E-state index in [0.717, 1.165) is 32.4 Å².